The molecule has 1 aliphatic heterocycles. The van der Waals surface area contributed by atoms with Gasteiger partial charge in [-0.05, 0) is 42.5 Å². The highest BCUT2D eigenvalue weighted by atomic mass is 35.5. The van der Waals surface area contributed by atoms with Crippen LogP contribution in [0.15, 0.2) is 48.5 Å². The second-order valence-corrected chi connectivity index (χ2v) is 6.78. The first-order chi connectivity index (χ1) is 13.0. The zero-order chi connectivity index (χ0) is 19.2. The number of carbonyl (C=O) groups excluding carboxylic acids is 1. The summed E-state index contributed by atoms with van der Waals surface area (Å²) in [6.45, 7) is 0.895. The van der Waals surface area contributed by atoms with Gasteiger partial charge in [0.1, 0.15) is 5.75 Å². The van der Waals surface area contributed by atoms with Crippen LogP contribution in [0.4, 0.5) is 20.2 Å². The summed E-state index contributed by atoms with van der Waals surface area (Å²) in [6, 6.07) is 13.7. The van der Waals surface area contributed by atoms with Gasteiger partial charge in [0.25, 0.3) is 5.91 Å². The Hall–Kier alpha value is -2.38. The quantitative estimate of drug-likeness (QED) is 0.787. The lowest BCUT2D eigenvalue weighted by Crippen LogP contribution is -3.15. The van der Waals surface area contributed by atoms with Crippen molar-refractivity contribution in [3.63, 3.8) is 0 Å². The third-order valence-electron chi connectivity index (χ3n) is 4.42. The maximum absolute atomic E-state index is 12.2. The number of halogens is 3. The molecular formula is C19H21ClF2N3O2+. The molecule has 1 saturated heterocycles. The molecule has 2 aromatic rings. The largest absolute Gasteiger partial charge is 0.435 e. The van der Waals surface area contributed by atoms with Gasteiger partial charge in [-0.25, -0.2) is 0 Å². The summed E-state index contributed by atoms with van der Waals surface area (Å²) >= 11 is 6.04. The van der Waals surface area contributed by atoms with Crippen molar-refractivity contribution >= 4 is 28.9 Å². The van der Waals surface area contributed by atoms with Gasteiger partial charge in [-0.1, -0.05) is 17.7 Å². The Morgan fingerprint density at radius 3 is 2.52 bits per heavy atom. The van der Waals surface area contributed by atoms with Gasteiger partial charge in [0.15, 0.2) is 6.54 Å². The van der Waals surface area contributed by atoms with Gasteiger partial charge < -0.3 is 19.9 Å². The molecule has 1 aliphatic rings. The van der Waals surface area contributed by atoms with E-state index in [9.17, 15) is 13.6 Å². The SMILES string of the molecule is O=C(C[NH+]1CCN(c2cccc(Cl)c2)CC1)Nc1ccc(OC(F)F)cc1. The van der Waals surface area contributed by atoms with Gasteiger partial charge in [0.05, 0.1) is 26.2 Å². The van der Waals surface area contributed by atoms with Crippen molar-refractivity contribution in [1.82, 2.24) is 0 Å². The lowest BCUT2D eigenvalue weighted by atomic mass is 10.2. The van der Waals surface area contributed by atoms with Crippen LogP contribution in [0, 0.1) is 0 Å². The number of nitrogens with zero attached hydrogens (tertiary/aromatic N) is 1. The summed E-state index contributed by atoms with van der Waals surface area (Å²) in [5.74, 6) is -0.0468. The summed E-state index contributed by atoms with van der Waals surface area (Å²) < 4.78 is 28.6. The molecule has 1 fully saturated rings. The topological polar surface area (TPSA) is 46.0 Å². The fourth-order valence-electron chi connectivity index (χ4n) is 3.08. The number of hydrogen-bond acceptors (Lipinski definition) is 3. The average Bonchev–Trinajstić information content (AvgIpc) is 2.63. The van der Waals surface area contributed by atoms with Gasteiger partial charge >= 0.3 is 6.61 Å². The normalized spacial score (nSPS) is 15.0. The molecule has 3 rings (SSSR count). The number of hydrogen-bond donors (Lipinski definition) is 2. The third kappa shape index (κ3) is 5.80. The van der Waals surface area contributed by atoms with Crippen molar-refractivity contribution < 1.29 is 23.2 Å². The Bertz CT molecular complexity index is 766. The zero-order valence-electron chi connectivity index (χ0n) is 14.6. The second kappa shape index (κ2) is 9.01. The highest BCUT2D eigenvalue weighted by Crippen LogP contribution is 2.19. The molecule has 2 aromatic carbocycles. The molecule has 5 nitrogen and oxygen atoms in total. The predicted molar refractivity (Wildman–Crippen MR) is 101 cm³/mol. The molecule has 8 heteroatoms. The summed E-state index contributed by atoms with van der Waals surface area (Å²) in [5.41, 5.74) is 1.65. The molecule has 144 valence electrons. The van der Waals surface area contributed by atoms with Crippen LogP contribution in [0.1, 0.15) is 0 Å². The van der Waals surface area contributed by atoms with Gasteiger partial charge in [0, 0.05) is 16.4 Å². The molecule has 0 spiro atoms. The molecule has 0 atom stereocenters. The minimum atomic E-state index is -2.86. The average molecular weight is 397 g/mol. The number of nitrogens with one attached hydrogen (secondary N) is 2. The van der Waals surface area contributed by atoms with Crippen LogP contribution in [-0.2, 0) is 4.79 Å². The number of rotatable bonds is 6. The molecule has 0 aliphatic carbocycles. The van der Waals surface area contributed by atoms with Crippen LogP contribution in [0.25, 0.3) is 0 Å². The fraction of sp³-hybridized carbons (Fsp3) is 0.316. The van der Waals surface area contributed by atoms with E-state index < -0.39 is 6.61 Å². The highest BCUT2D eigenvalue weighted by Gasteiger charge is 2.22. The number of ether oxygens (including phenoxy) is 1. The van der Waals surface area contributed by atoms with Crippen LogP contribution in [0.2, 0.25) is 5.02 Å². The summed E-state index contributed by atoms with van der Waals surface area (Å²) in [7, 11) is 0. The van der Waals surface area contributed by atoms with Gasteiger partial charge in [-0.3, -0.25) is 4.79 Å². The molecule has 0 saturated carbocycles. The smallest absolute Gasteiger partial charge is 0.387 e. The Labute approximate surface area is 161 Å². The van der Waals surface area contributed by atoms with Crippen LogP contribution < -0.4 is 19.9 Å². The monoisotopic (exact) mass is 396 g/mol. The van der Waals surface area contributed by atoms with Crippen molar-refractivity contribution in [2.45, 2.75) is 6.61 Å². The van der Waals surface area contributed by atoms with Crippen LogP contribution >= 0.6 is 11.6 Å². The van der Waals surface area contributed by atoms with Gasteiger partial charge in [-0.15, -0.1) is 0 Å². The molecule has 0 radical (unpaired) electrons. The van der Waals surface area contributed by atoms with Crippen LogP contribution in [0.5, 0.6) is 5.75 Å². The van der Waals surface area contributed by atoms with E-state index in [-0.39, 0.29) is 11.7 Å². The van der Waals surface area contributed by atoms with Crippen molar-refractivity contribution in [2.24, 2.45) is 0 Å². The van der Waals surface area contributed by atoms with E-state index in [1.54, 1.807) is 12.1 Å². The number of piperazine rings is 1. The van der Waals surface area contributed by atoms with Crippen molar-refractivity contribution in [2.75, 3.05) is 42.9 Å². The predicted octanol–water partition coefficient (Wildman–Crippen LogP) is 2.29. The van der Waals surface area contributed by atoms with E-state index in [2.05, 4.69) is 15.0 Å². The minimum absolute atomic E-state index is 0.0609. The van der Waals surface area contributed by atoms with Gasteiger partial charge in [-0.2, -0.15) is 8.78 Å². The van der Waals surface area contributed by atoms with Crippen molar-refractivity contribution in [3.05, 3.63) is 53.6 Å². The lowest BCUT2D eigenvalue weighted by Gasteiger charge is -2.33. The maximum atomic E-state index is 12.2. The Kier molecular flexibility index (Phi) is 6.47. The van der Waals surface area contributed by atoms with E-state index in [0.29, 0.717) is 17.3 Å². The standard InChI is InChI=1S/C19H20ClF2N3O2/c20-14-2-1-3-16(12-14)25-10-8-24(9-11-25)13-18(26)23-15-4-6-17(7-5-15)27-19(21)22/h1-7,12,19H,8-11,13H2,(H,23,26)/p+1. The van der Waals surface area contributed by atoms with E-state index in [1.807, 2.05) is 24.3 Å². The van der Waals surface area contributed by atoms with Crippen molar-refractivity contribution in [1.29, 1.82) is 0 Å². The molecule has 0 bridgehead atoms. The number of anilines is 2. The molecule has 1 heterocycles. The first-order valence-electron chi connectivity index (χ1n) is 8.68. The second-order valence-electron chi connectivity index (χ2n) is 6.34. The highest BCUT2D eigenvalue weighted by molar-refractivity contribution is 6.30. The summed E-state index contributed by atoms with van der Waals surface area (Å²) in [4.78, 5) is 15.7. The summed E-state index contributed by atoms with van der Waals surface area (Å²) in [6.07, 6.45) is 0. The Morgan fingerprint density at radius 2 is 1.89 bits per heavy atom. The van der Waals surface area contributed by atoms with Gasteiger partial charge in [0.2, 0.25) is 0 Å². The number of benzene rings is 2. The van der Waals surface area contributed by atoms with E-state index in [1.165, 1.54) is 17.0 Å². The molecule has 2 N–H and O–H groups in total. The third-order valence-corrected chi connectivity index (χ3v) is 4.65. The fourth-order valence-corrected chi connectivity index (χ4v) is 3.27. The van der Waals surface area contributed by atoms with Crippen LogP contribution in [-0.4, -0.2) is 45.2 Å². The van der Waals surface area contributed by atoms with Crippen LogP contribution in [0.3, 0.4) is 0 Å². The molecular weight excluding hydrogens is 376 g/mol. The minimum Gasteiger partial charge on any atom is -0.435 e. The molecule has 0 aromatic heterocycles. The molecule has 1 amide bonds. The van der Waals surface area contributed by atoms with E-state index >= 15 is 0 Å². The number of alkyl halides is 2. The molecule has 27 heavy (non-hydrogen) atoms. The molecule has 0 unspecified atom stereocenters. The van der Waals surface area contributed by atoms with E-state index in [4.69, 9.17) is 11.6 Å². The Morgan fingerprint density at radius 1 is 1.19 bits per heavy atom. The Balaban J connectivity index is 1.45. The number of amides is 1. The first-order valence-corrected chi connectivity index (χ1v) is 9.06. The van der Waals surface area contributed by atoms with E-state index in [0.717, 1.165) is 31.9 Å². The summed E-state index contributed by atoms with van der Waals surface area (Å²) in [5, 5.41) is 3.50. The first kappa shape index (κ1) is 19.4. The number of carbonyl (C=O) groups is 1. The van der Waals surface area contributed by atoms with Crippen molar-refractivity contribution in [3.8, 4) is 5.75 Å². The lowest BCUT2D eigenvalue weighted by molar-refractivity contribution is -0.892. The number of quaternary nitrogens is 1. The zero-order valence-corrected chi connectivity index (χ0v) is 15.4. The maximum Gasteiger partial charge on any atom is 0.387 e.